The van der Waals surface area contributed by atoms with Crippen molar-refractivity contribution in [2.45, 2.75) is 106 Å². The summed E-state index contributed by atoms with van der Waals surface area (Å²) in [5.74, 6) is -5.88. The number of benzene rings is 5. The number of carboxylic acids is 1. The van der Waals surface area contributed by atoms with Crippen molar-refractivity contribution in [1.29, 1.82) is 0 Å². The Labute approximate surface area is 711 Å². The van der Waals surface area contributed by atoms with Crippen LogP contribution in [0.5, 0.6) is 11.5 Å². The number of anilines is 3. The second kappa shape index (κ2) is 45.0. The number of amides is 10. The van der Waals surface area contributed by atoms with Crippen LogP contribution in [0.25, 0.3) is 21.5 Å². The van der Waals surface area contributed by atoms with Crippen LogP contribution in [0.1, 0.15) is 93.8 Å². The number of alkyl halides is 2. The number of ether oxygens (including phenoxy) is 10. The van der Waals surface area contributed by atoms with Crippen LogP contribution < -0.4 is 41.0 Å². The number of likely N-dealkylation sites (tertiary alicyclic amines) is 1. The zero-order valence-corrected chi connectivity index (χ0v) is 70.0. The van der Waals surface area contributed by atoms with E-state index in [0.29, 0.717) is 109 Å². The van der Waals surface area contributed by atoms with E-state index >= 15 is 0 Å². The number of hydrogen-bond acceptors (Lipinski definition) is 26. The topological polar surface area (TPSA) is 439 Å². The number of imide groups is 1. The minimum atomic E-state index is -1.96. The van der Waals surface area contributed by atoms with Crippen LogP contribution in [0.3, 0.4) is 0 Å². The summed E-state index contributed by atoms with van der Waals surface area (Å²) < 4.78 is 56.3. The molecule has 2 fully saturated rings. The highest BCUT2D eigenvalue weighted by molar-refractivity contribution is 7.81. The van der Waals surface area contributed by atoms with E-state index in [4.69, 9.17) is 76.3 Å². The summed E-state index contributed by atoms with van der Waals surface area (Å²) >= 11 is 18.3. The second-order valence-corrected chi connectivity index (χ2v) is 31.7. The number of thiophene rings is 1. The number of carbonyl (C=O) groups is 11. The maximum atomic E-state index is 14.9. The molecule has 7 unspecified atom stereocenters. The molecule has 34 nitrogen and oxygen atoms in total. The fraction of sp³-hybridized carbons (Fsp3) is 0.500. The van der Waals surface area contributed by atoms with Crippen molar-refractivity contribution in [1.82, 2.24) is 25.3 Å². The molecule has 38 heteroatoms. The normalized spacial score (nSPS) is 19.3. The number of nitrogens with one attached hydrogen (secondary N) is 3. The van der Waals surface area contributed by atoms with Gasteiger partial charge < -0.3 is 109 Å². The van der Waals surface area contributed by atoms with Crippen LogP contribution in [-0.4, -0.2) is 287 Å². The zero-order valence-electron chi connectivity index (χ0n) is 66.8. The average Bonchev–Trinajstić information content (AvgIpc) is 1.57. The predicted molar refractivity (Wildman–Crippen MR) is 444 cm³/mol. The maximum Gasteiger partial charge on any atom is 0.415 e. The third-order valence-electron chi connectivity index (χ3n) is 20.6. The molecule has 650 valence electrons. The summed E-state index contributed by atoms with van der Waals surface area (Å²) in [6.45, 7) is 7.43. The van der Waals surface area contributed by atoms with Crippen molar-refractivity contribution < 1.29 is 121 Å². The molecule has 5 aromatic carbocycles. The molecular weight excluding hydrogens is 1650 g/mol. The van der Waals surface area contributed by atoms with Gasteiger partial charge in [0.2, 0.25) is 29.9 Å². The van der Waals surface area contributed by atoms with Crippen molar-refractivity contribution in [2.24, 2.45) is 17.6 Å². The first-order chi connectivity index (χ1) is 57.7. The summed E-state index contributed by atoms with van der Waals surface area (Å²) in [6.07, 6.45) is -10.6. The number of carbonyl (C=O) groups excluding carboxylic acids is 10. The fourth-order valence-corrected chi connectivity index (χ4v) is 15.8. The Morgan fingerprint density at radius 2 is 1.17 bits per heavy atom. The first-order valence-corrected chi connectivity index (χ1v) is 41.7. The highest BCUT2D eigenvalue weighted by atomic mass is 35.5. The van der Waals surface area contributed by atoms with E-state index in [2.05, 4.69) is 28.6 Å². The van der Waals surface area contributed by atoms with Crippen molar-refractivity contribution >= 4 is 151 Å². The van der Waals surface area contributed by atoms with Crippen molar-refractivity contribution in [3.8, 4) is 11.5 Å². The molecule has 5 heterocycles. The summed E-state index contributed by atoms with van der Waals surface area (Å²) in [7, 11) is 2.99. The van der Waals surface area contributed by atoms with Gasteiger partial charge in [-0.2, -0.15) is 12.6 Å². The maximum absolute atomic E-state index is 14.9. The first kappa shape index (κ1) is 92.9. The number of hydrogen-bond donors (Lipinski definition) is 9. The van der Waals surface area contributed by atoms with E-state index in [1.54, 1.807) is 92.7 Å². The number of fused-ring (bicyclic) bond motifs is 6. The van der Waals surface area contributed by atoms with Crippen LogP contribution in [0.15, 0.2) is 97.1 Å². The van der Waals surface area contributed by atoms with E-state index in [0.717, 1.165) is 21.8 Å². The van der Waals surface area contributed by atoms with Gasteiger partial charge in [-0.1, -0.05) is 74.5 Å². The highest BCUT2D eigenvalue weighted by Crippen LogP contribution is 2.49. The number of ketones is 1. The van der Waals surface area contributed by atoms with Gasteiger partial charge in [-0.15, -0.1) is 34.5 Å². The van der Waals surface area contributed by atoms with Crippen LogP contribution >= 0.6 is 47.2 Å². The average molecular weight is 1750 g/mol. The molecule has 0 spiro atoms. The Morgan fingerprint density at radius 3 is 1.68 bits per heavy atom. The third-order valence-corrected chi connectivity index (χ3v) is 22.8. The molecule has 0 radical (unpaired) electrons. The Morgan fingerprint density at radius 1 is 0.658 bits per heavy atom. The largest absolute Gasteiger partial charge is 0.479 e. The number of aliphatic hydroxyl groups is 3. The van der Waals surface area contributed by atoms with Crippen molar-refractivity contribution in [3.05, 3.63) is 124 Å². The molecule has 120 heavy (non-hydrogen) atoms. The third kappa shape index (κ3) is 24.3. The molecule has 6 aromatic rings. The Kier molecular flexibility index (Phi) is 34.8. The summed E-state index contributed by atoms with van der Waals surface area (Å²) in [5.41, 5.74) is 8.50. The molecule has 4 aliphatic rings. The molecule has 0 aliphatic carbocycles. The number of nitrogens with zero attached hydrogens (tertiary/aromatic N) is 5. The lowest BCUT2D eigenvalue weighted by Crippen LogP contribution is -2.61. The van der Waals surface area contributed by atoms with E-state index in [9.17, 15) is 73.2 Å². The molecule has 10 atom stereocenters. The number of primary amides is 1. The van der Waals surface area contributed by atoms with Gasteiger partial charge in [-0.05, 0) is 70.5 Å². The number of halogens is 2. The van der Waals surface area contributed by atoms with Crippen LogP contribution in [0.2, 0.25) is 0 Å². The van der Waals surface area contributed by atoms with Gasteiger partial charge >= 0.3 is 24.2 Å². The summed E-state index contributed by atoms with van der Waals surface area (Å²) in [5, 5.41) is 51.5. The van der Waals surface area contributed by atoms with Gasteiger partial charge in [0.15, 0.2) is 11.9 Å². The number of Topliss-reactive ketones (excluding diaryl/α,β-unsaturated/α-hetero) is 1. The van der Waals surface area contributed by atoms with Gasteiger partial charge in [-0.25, -0.2) is 19.2 Å². The zero-order chi connectivity index (χ0) is 86.3. The van der Waals surface area contributed by atoms with Gasteiger partial charge in [-0.3, -0.25) is 38.5 Å². The lowest BCUT2D eigenvalue weighted by atomic mass is 9.89. The molecule has 10 amide bonds. The van der Waals surface area contributed by atoms with Gasteiger partial charge in [0.05, 0.1) is 118 Å². The second-order valence-electron chi connectivity index (χ2n) is 29.3. The highest BCUT2D eigenvalue weighted by Gasteiger charge is 2.49. The molecule has 0 saturated carbocycles. The minimum absolute atomic E-state index is 0.00301. The molecule has 4 aliphatic heterocycles. The number of aliphatic carboxylic acids is 1. The SMILES string of the molecule is CC(C)C(NC(=O)CCOCCOCCOCCOCCOCCOCCN1C(=O)CC(S)C1=O)C(=O)CC(CCCNC(N)=O)C(=O)Nc1ccc(COC(=O)N(C)CCN(C)C(=O)Oc2cc3c(c4ccccc24)C(CCl)CN3C(=O)c2ccc(C(=O)N3CC(CCl)c4c3cc(O[C@@H]3OC(C(=O)O)[C@@H](O)C(O)[C@@H]3O)c3ccccc43)s2)cc1. The van der Waals surface area contributed by atoms with Crippen molar-refractivity contribution in [3.63, 3.8) is 0 Å². The molecule has 0 bridgehead atoms. The Balaban J connectivity index is 0.651. The monoisotopic (exact) mass is 1750 g/mol. The van der Waals surface area contributed by atoms with Gasteiger partial charge in [0, 0.05) is 124 Å². The van der Waals surface area contributed by atoms with Crippen LogP contribution in [-0.2, 0) is 73.3 Å². The molecule has 10 rings (SSSR count). The lowest BCUT2D eigenvalue weighted by Gasteiger charge is -2.38. The molecule has 1 aromatic heterocycles. The number of thiol groups is 1. The quantitative estimate of drug-likeness (QED) is 0.00837. The van der Waals surface area contributed by atoms with Crippen LogP contribution in [0.4, 0.5) is 31.4 Å². The molecule has 2 saturated heterocycles. The molecule has 9 N–H and O–H groups in total. The standard InChI is InChI=1S/C82H101Cl2N9O25S2/c1-47(2)69(88-65(95)21-26-109-28-30-111-32-34-113-36-37-114-35-33-112-31-29-110-27-25-91-66(96)41-62(119)75(91)101)59(94)38-49(10-9-22-86-80(85)106)74(100)87-52-17-15-48(16-18-52)46-115-81(107)89(3)23-24-90(4)82(108)117-61-40-58-68(56-14-8-6-12-54(56)61)51(43-84)45-93(58)77(103)64-20-19-63(120-64)76(102)92-44-50(42-83)67-55-13-7-5-11-53(55)60(39-57(67)92)116-79-72(99)70(97)71(98)73(118-79)78(104)105/h5-8,11-20,39-40,47,49-51,62,69-73,79,97-99,119H,9-10,21-38,41-46H2,1-4H3,(H,87,100)(H,88,95)(H,104,105)(H3,85,86,106)/t49?,50?,51?,62?,69?,70?,71-,72-,73?,79+/m0/s1. The fourth-order valence-electron chi connectivity index (χ4n) is 14.1. The number of nitrogens with two attached hydrogens (primary N) is 1. The number of rotatable bonds is 45. The Hall–Kier alpha value is -9.38. The van der Waals surface area contributed by atoms with E-state index in [1.165, 1.54) is 39.8 Å². The first-order valence-electron chi connectivity index (χ1n) is 39.3. The van der Waals surface area contributed by atoms with Crippen molar-refractivity contribution in [2.75, 3.05) is 160 Å². The molecular formula is C82H101Cl2N9O25S2. The van der Waals surface area contributed by atoms with Gasteiger partial charge in [0.25, 0.3) is 11.8 Å². The minimum Gasteiger partial charge on any atom is -0.479 e. The van der Waals surface area contributed by atoms with Gasteiger partial charge in [0.1, 0.15) is 36.4 Å². The number of carboxylic acid groups (broad SMARTS) is 1. The van der Waals surface area contributed by atoms with E-state index in [-0.39, 0.29) is 166 Å². The predicted octanol–water partition coefficient (Wildman–Crippen LogP) is 6.64. The Bertz CT molecular complexity index is 4610. The van der Waals surface area contributed by atoms with E-state index < -0.39 is 95.7 Å². The smallest absolute Gasteiger partial charge is 0.415 e. The number of urea groups is 1. The lowest BCUT2D eigenvalue weighted by molar-refractivity contribution is -0.270. The van der Waals surface area contributed by atoms with Crippen LogP contribution in [0, 0.1) is 11.8 Å². The summed E-state index contributed by atoms with van der Waals surface area (Å²) in [4.78, 5) is 152. The number of aliphatic hydroxyl groups excluding tert-OH is 3. The number of likely N-dealkylation sites (N-methyl/N-ethyl adjacent to an activating group) is 2. The summed E-state index contributed by atoms with van der Waals surface area (Å²) in [6, 6.07) is 25.3. The van der Waals surface area contributed by atoms with E-state index in [1.807, 2.05) is 12.1 Å².